The first-order chi connectivity index (χ1) is 15.8. The maximum absolute atomic E-state index is 13.4. The molecule has 0 aliphatic carbocycles. The molecule has 0 radical (unpaired) electrons. The molecule has 1 aliphatic rings. The molecular weight excluding hydrogens is 434 g/mol. The fraction of sp³-hybridized carbons (Fsp3) is 0.346. The molecule has 0 spiro atoms. The summed E-state index contributed by atoms with van der Waals surface area (Å²) < 4.78 is 29.6. The van der Waals surface area contributed by atoms with Crippen LogP contribution in [0.5, 0.6) is 0 Å². The summed E-state index contributed by atoms with van der Waals surface area (Å²) in [6.07, 6.45) is 1.95. The average Bonchev–Trinajstić information content (AvgIpc) is 2.79. The first kappa shape index (κ1) is 23.4. The van der Waals surface area contributed by atoms with E-state index in [1.165, 1.54) is 0 Å². The number of rotatable bonds is 6. The maximum Gasteiger partial charge on any atom is 0.255 e. The molecule has 7 heteroatoms. The summed E-state index contributed by atoms with van der Waals surface area (Å²) >= 11 is 0. The normalized spacial score (nSPS) is 16.6. The highest BCUT2D eigenvalue weighted by Crippen LogP contribution is 2.31. The lowest BCUT2D eigenvalue weighted by atomic mass is 9.91. The van der Waals surface area contributed by atoms with E-state index >= 15 is 0 Å². The van der Waals surface area contributed by atoms with Crippen LogP contribution in [0.3, 0.4) is 0 Å². The standard InChI is InChI=1S/C26H31N3O3S/c1-18-8-4-5-9-21(18)26(30)27-24-12-13-25(23-11-7-6-10-22(23)24)33(31,32)28-19(2)20-14-16-29(3)17-15-20/h4-13,19-20,28H,14-17H2,1-3H3,(H,27,30). The van der Waals surface area contributed by atoms with Crippen LogP contribution in [0.1, 0.15) is 35.7 Å². The zero-order valence-corrected chi connectivity index (χ0v) is 20.2. The molecule has 3 aromatic carbocycles. The van der Waals surface area contributed by atoms with Gasteiger partial charge in [0.15, 0.2) is 0 Å². The molecule has 1 saturated heterocycles. The van der Waals surface area contributed by atoms with Crippen LogP contribution in [-0.2, 0) is 10.0 Å². The summed E-state index contributed by atoms with van der Waals surface area (Å²) in [6, 6.07) is 17.8. The SMILES string of the molecule is Cc1ccccc1C(=O)Nc1ccc(S(=O)(=O)NC(C)C2CCN(C)CC2)c2ccccc12. The van der Waals surface area contributed by atoms with Gasteiger partial charge >= 0.3 is 0 Å². The highest BCUT2D eigenvalue weighted by Gasteiger charge is 2.27. The van der Waals surface area contributed by atoms with Crippen molar-refractivity contribution < 1.29 is 13.2 Å². The molecule has 1 atom stereocenters. The van der Waals surface area contributed by atoms with Gasteiger partial charge in [-0.2, -0.15) is 0 Å². The van der Waals surface area contributed by atoms with Crippen molar-refractivity contribution in [2.24, 2.45) is 5.92 Å². The molecule has 6 nitrogen and oxygen atoms in total. The molecule has 1 amide bonds. The molecule has 1 fully saturated rings. The predicted molar refractivity (Wildman–Crippen MR) is 133 cm³/mol. The Bertz CT molecular complexity index is 1260. The number of hydrogen-bond acceptors (Lipinski definition) is 4. The van der Waals surface area contributed by atoms with E-state index in [1.807, 2.05) is 50.2 Å². The smallest absolute Gasteiger partial charge is 0.255 e. The highest BCUT2D eigenvalue weighted by atomic mass is 32.2. The number of benzene rings is 3. The quantitative estimate of drug-likeness (QED) is 0.565. The van der Waals surface area contributed by atoms with E-state index in [1.54, 1.807) is 24.3 Å². The Morgan fingerprint density at radius 2 is 1.61 bits per heavy atom. The van der Waals surface area contributed by atoms with E-state index < -0.39 is 10.0 Å². The number of sulfonamides is 1. The summed E-state index contributed by atoms with van der Waals surface area (Å²) in [5, 5.41) is 4.23. The van der Waals surface area contributed by atoms with E-state index in [0.717, 1.165) is 31.5 Å². The number of amides is 1. The van der Waals surface area contributed by atoms with Crippen LogP contribution in [0.4, 0.5) is 5.69 Å². The zero-order chi connectivity index (χ0) is 23.6. The molecule has 3 aromatic rings. The Kier molecular flexibility index (Phi) is 6.83. The monoisotopic (exact) mass is 465 g/mol. The molecule has 2 N–H and O–H groups in total. The number of nitrogens with zero attached hydrogens (tertiary/aromatic N) is 1. The van der Waals surface area contributed by atoms with Gasteiger partial charge in [0.1, 0.15) is 0 Å². The average molecular weight is 466 g/mol. The lowest BCUT2D eigenvalue weighted by Crippen LogP contribution is -2.43. The van der Waals surface area contributed by atoms with Gasteiger partial charge in [0, 0.05) is 28.1 Å². The van der Waals surface area contributed by atoms with Crippen LogP contribution in [0, 0.1) is 12.8 Å². The largest absolute Gasteiger partial charge is 0.321 e. The molecule has 0 saturated carbocycles. The summed E-state index contributed by atoms with van der Waals surface area (Å²) in [6.45, 7) is 5.80. The minimum atomic E-state index is -3.73. The minimum Gasteiger partial charge on any atom is -0.321 e. The number of carbonyl (C=O) groups excluding carboxylic acids is 1. The molecule has 174 valence electrons. The lowest BCUT2D eigenvalue weighted by molar-refractivity contribution is 0.102. The van der Waals surface area contributed by atoms with Gasteiger partial charge in [-0.25, -0.2) is 13.1 Å². The molecule has 1 unspecified atom stereocenters. The molecule has 1 aliphatic heterocycles. The van der Waals surface area contributed by atoms with Gasteiger partial charge in [0.25, 0.3) is 5.91 Å². The van der Waals surface area contributed by atoms with Crippen molar-refractivity contribution in [1.82, 2.24) is 9.62 Å². The number of hydrogen-bond donors (Lipinski definition) is 2. The Balaban J connectivity index is 1.62. The summed E-state index contributed by atoms with van der Waals surface area (Å²) in [4.78, 5) is 15.4. The topological polar surface area (TPSA) is 78.5 Å². The summed E-state index contributed by atoms with van der Waals surface area (Å²) in [5.41, 5.74) is 2.05. The van der Waals surface area contributed by atoms with E-state index in [9.17, 15) is 13.2 Å². The Morgan fingerprint density at radius 1 is 0.970 bits per heavy atom. The Labute approximate surface area is 196 Å². The molecule has 0 aromatic heterocycles. The second-order valence-electron chi connectivity index (χ2n) is 8.98. The van der Waals surface area contributed by atoms with Crippen LogP contribution >= 0.6 is 0 Å². The number of fused-ring (bicyclic) bond motifs is 1. The fourth-order valence-electron chi connectivity index (χ4n) is 4.57. The molecule has 1 heterocycles. The van der Waals surface area contributed by atoms with Crippen molar-refractivity contribution >= 4 is 32.4 Å². The fourth-order valence-corrected chi connectivity index (χ4v) is 6.09. The van der Waals surface area contributed by atoms with Crippen LogP contribution < -0.4 is 10.0 Å². The highest BCUT2D eigenvalue weighted by molar-refractivity contribution is 7.89. The second-order valence-corrected chi connectivity index (χ2v) is 10.7. The molecule has 0 bridgehead atoms. The molecular formula is C26H31N3O3S. The second kappa shape index (κ2) is 9.63. The van der Waals surface area contributed by atoms with Crippen LogP contribution in [0.25, 0.3) is 10.8 Å². The van der Waals surface area contributed by atoms with E-state index in [2.05, 4.69) is 22.0 Å². The third kappa shape index (κ3) is 5.11. The Morgan fingerprint density at radius 3 is 2.30 bits per heavy atom. The third-order valence-corrected chi connectivity index (χ3v) is 8.24. The van der Waals surface area contributed by atoms with Crippen molar-refractivity contribution in [2.45, 2.75) is 37.6 Å². The molecule has 4 rings (SSSR count). The third-order valence-electron chi connectivity index (χ3n) is 6.62. The van der Waals surface area contributed by atoms with Crippen LogP contribution in [0.2, 0.25) is 0 Å². The summed E-state index contributed by atoms with van der Waals surface area (Å²) in [5.74, 6) is 0.0952. The van der Waals surface area contributed by atoms with Crippen molar-refractivity contribution in [2.75, 3.05) is 25.5 Å². The number of anilines is 1. The summed E-state index contributed by atoms with van der Waals surface area (Å²) in [7, 11) is -1.64. The first-order valence-corrected chi connectivity index (χ1v) is 12.8. The maximum atomic E-state index is 13.4. The van der Waals surface area contributed by atoms with Crippen molar-refractivity contribution in [3.05, 3.63) is 71.8 Å². The van der Waals surface area contributed by atoms with Crippen molar-refractivity contribution in [3.8, 4) is 0 Å². The number of carbonyl (C=O) groups is 1. The van der Waals surface area contributed by atoms with Gasteiger partial charge in [0.05, 0.1) is 4.90 Å². The van der Waals surface area contributed by atoms with Gasteiger partial charge in [-0.15, -0.1) is 0 Å². The van der Waals surface area contributed by atoms with Crippen LogP contribution in [0.15, 0.2) is 65.6 Å². The number of aryl methyl sites for hydroxylation is 1. The van der Waals surface area contributed by atoms with Gasteiger partial charge in [-0.05, 0) is 76.5 Å². The number of nitrogens with one attached hydrogen (secondary N) is 2. The Hall–Kier alpha value is -2.74. The van der Waals surface area contributed by atoms with Gasteiger partial charge < -0.3 is 10.2 Å². The van der Waals surface area contributed by atoms with Gasteiger partial charge in [-0.3, -0.25) is 4.79 Å². The lowest BCUT2D eigenvalue weighted by Gasteiger charge is -2.33. The predicted octanol–water partition coefficient (Wildman–Crippen LogP) is 4.41. The zero-order valence-electron chi connectivity index (χ0n) is 19.3. The molecule has 33 heavy (non-hydrogen) atoms. The van der Waals surface area contributed by atoms with Crippen molar-refractivity contribution in [1.29, 1.82) is 0 Å². The van der Waals surface area contributed by atoms with Gasteiger partial charge in [0.2, 0.25) is 10.0 Å². The number of likely N-dealkylation sites (tertiary alicyclic amines) is 1. The van der Waals surface area contributed by atoms with E-state index in [0.29, 0.717) is 27.9 Å². The van der Waals surface area contributed by atoms with E-state index in [4.69, 9.17) is 0 Å². The minimum absolute atomic E-state index is 0.150. The van der Waals surface area contributed by atoms with Crippen LogP contribution in [-0.4, -0.2) is 45.4 Å². The van der Waals surface area contributed by atoms with Gasteiger partial charge in [-0.1, -0.05) is 42.5 Å². The van der Waals surface area contributed by atoms with E-state index in [-0.39, 0.29) is 16.8 Å². The van der Waals surface area contributed by atoms with Crippen molar-refractivity contribution in [3.63, 3.8) is 0 Å². The first-order valence-electron chi connectivity index (χ1n) is 11.4. The number of piperidine rings is 1.